The number of aromatic nitrogens is 3. The van der Waals surface area contributed by atoms with Gasteiger partial charge in [-0.3, -0.25) is 4.79 Å². The molecule has 3 aromatic carbocycles. The smallest absolute Gasteiger partial charge is 0.256 e. The zero-order chi connectivity index (χ0) is 24.5. The van der Waals surface area contributed by atoms with Crippen molar-refractivity contribution in [1.29, 1.82) is 0 Å². The van der Waals surface area contributed by atoms with Crippen LogP contribution in [-0.4, -0.2) is 20.7 Å². The predicted molar refractivity (Wildman–Crippen MR) is 142 cm³/mol. The van der Waals surface area contributed by atoms with Crippen molar-refractivity contribution in [3.63, 3.8) is 0 Å². The van der Waals surface area contributed by atoms with Gasteiger partial charge in [-0.1, -0.05) is 55.0 Å². The van der Waals surface area contributed by atoms with Gasteiger partial charge in [-0.05, 0) is 68.7 Å². The first-order valence-electron chi connectivity index (χ1n) is 11.9. The third-order valence-electron chi connectivity index (χ3n) is 6.47. The summed E-state index contributed by atoms with van der Waals surface area (Å²) in [6.07, 6.45) is 2.82. The summed E-state index contributed by atoms with van der Waals surface area (Å²) in [4.78, 5) is 18.3. The molecule has 0 saturated heterocycles. The summed E-state index contributed by atoms with van der Waals surface area (Å²) < 4.78 is 1.92. The fourth-order valence-corrected chi connectivity index (χ4v) is 4.44. The van der Waals surface area contributed by atoms with Crippen molar-refractivity contribution in [3.8, 4) is 16.9 Å². The van der Waals surface area contributed by atoms with Crippen molar-refractivity contribution < 1.29 is 4.79 Å². The summed E-state index contributed by atoms with van der Waals surface area (Å²) in [5.41, 5.74) is 9.24. The fourth-order valence-electron chi connectivity index (χ4n) is 4.44. The molecule has 5 rings (SSSR count). The number of carbonyl (C=O) groups is 1. The lowest BCUT2D eigenvalue weighted by Gasteiger charge is -2.12. The van der Waals surface area contributed by atoms with Crippen LogP contribution in [0.15, 0.2) is 79.0 Å². The van der Waals surface area contributed by atoms with E-state index in [1.807, 2.05) is 74.1 Å². The maximum absolute atomic E-state index is 13.5. The number of benzene rings is 3. The number of aryl methyl sites for hydroxylation is 3. The summed E-state index contributed by atoms with van der Waals surface area (Å²) in [5.74, 6) is -0.156. The Kier molecular flexibility index (Phi) is 5.91. The van der Waals surface area contributed by atoms with Crippen LogP contribution >= 0.6 is 0 Å². The van der Waals surface area contributed by atoms with E-state index in [-0.39, 0.29) is 5.91 Å². The third kappa shape index (κ3) is 4.33. The van der Waals surface area contributed by atoms with Crippen LogP contribution in [0.2, 0.25) is 0 Å². The van der Waals surface area contributed by atoms with Crippen molar-refractivity contribution in [2.45, 2.75) is 34.1 Å². The van der Waals surface area contributed by atoms with E-state index in [2.05, 4.69) is 47.7 Å². The summed E-state index contributed by atoms with van der Waals surface area (Å²) in [7, 11) is 0. The van der Waals surface area contributed by atoms with E-state index in [0.717, 1.165) is 56.8 Å². The zero-order valence-electron chi connectivity index (χ0n) is 20.5. The number of pyridine rings is 1. The van der Waals surface area contributed by atoms with E-state index >= 15 is 0 Å². The Morgan fingerprint density at radius 3 is 2.46 bits per heavy atom. The molecule has 5 aromatic rings. The number of amides is 1. The number of rotatable bonds is 5. The van der Waals surface area contributed by atoms with E-state index in [1.165, 1.54) is 5.56 Å². The molecule has 0 saturated carbocycles. The lowest BCUT2D eigenvalue weighted by atomic mass is 10.0. The van der Waals surface area contributed by atoms with Gasteiger partial charge in [-0.25, -0.2) is 9.67 Å². The Labute approximate surface area is 205 Å². The van der Waals surface area contributed by atoms with E-state index in [4.69, 9.17) is 4.98 Å². The number of anilines is 1. The van der Waals surface area contributed by atoms with Crippen molar-refractivity contribution in [2.75, 3.05) is 5.32 Å². The third-order valence-corrected chi connectivity index (χ3v) is 6.47. The molecule has 1 N–H and O–H groups in total. The van der Waals surface area contributed by atoms with Crippen molar-refractivity contribution >= 4 is 22.5 Å². The van der Waals surface area contributed by atoms with Gasteiger partial charge in [-0.2, -0.15) is 5.10 Å². The van der Waals surface area contributed by atoms with Crippen LogP contribution in [-0.2, 0) is 6.42 Å². The minimum Gasteiger partial charge on any atom is -0.322 e. The van der Waals surface area contributed by atoms with Gasteiger partial charge in [0.05, 0.1) is 34.4 Å². The maximum atomic E-state index is 13.5. The number of nitrogens with zero attached hydrogens (tertiary/aromatic N) is 3. The molecule has 0 unspecified atom stereocenters. The molecule has 0 fully saturated rings. The van der Waals surface area contributed by atoms with E-state index in [0.29, 0.717) is 5.56 Å². The second-order valence-electron chi connectivity index (χ2n) is 8.92. The lowest BCUT2D eigenvalue weighted by Crippen LogP contribution is -2.14. The molecule has 2 aromatic heterocycles. The van der Waals surface area contributed by atoms with Crippen LogP contribution in [0.5, 0.6) is 0 Å². The molecule has 35 heavy (non-hydrogen) atoms. The minimum absolute atomic E-state index is 0.156. The molecule has 1 amide bonds. The molecule has 0 bridgehead atoms. The average molecular weight is 461 g/mol. The van der Waals surface area contributed by atoms with Gasteiger partial charge in [-0.15, -0.1) is 0 Å². The SMILES string of the molecule is CCc1ccc(-n2ncc(-c3cc(C(=O)Nc4ccc(C)cc4C)c4ccccc4n3)c2C)cc1. The Balaban J connectivity index is 1.57. The molecule has 174 valence electrons. The molecule has 2 heterocycles. The van der Waals surface area contributed by atoms with Crippen LogP contribution in [0.1, 0.15) is 39.7 Å². The number of nitrogens with one attached hydrogen (secondary N) is 1. The number of hydrogen-bond acceptors (Lipinski definition) is 3. The van der Waals surface area contributed by atoms with E-state index < -0.39 is 0 Å². The molecule has 0 aliphatic rings. The minimum atomic E-state index is -0.156. The monoisotopic (exact) mass is 460 g/mol. The molecule has 5 nitrogen and oxygen atoms in total. The predicted octanol–water partition coefficient (Wildman–Crippen LogP) is 6.83. The van der Waals surface area contributed by atoms with Crippen molar-refractivity contribution in [1.82, 2.24) is 14.8 Å². The Hall–Kier alpha value is -4.25. The first kappa shape index (κ1) is 22.5. The second kappa shape index (κ2) is 9.18. The average Bonchev–Trinajstić information content (AvgIpc) is 3.26. The quantitative estimate of drug-likeness (QED) is 0.313. The van der Waals surface area contributed by atoms with Crippen LogP contribution in [0.3, 0.4) is 0 Å². The van der Waals surface area contributed by atoms with E-state index in [9.17, 15) is 4.79 Å². The van der Waals surface area contributed by atoms with Crippen LogP contribution < -0.4 is 5.32 Å². The summed E-state index contributed by atoms with van der Waals surface area (Å²) in [6, 6.07) is 24.1. The molecule has 5 heteroatoms. The van der Waals surface area contributed by atoms with Crippen LogP contribution in [0.25, 0.3) is 27.8 Å². The van der Waals surface area contributed by atoms with Gasteiger partial charge in [0, 0.05) is 16.6 Å². The van der Waals surface area contributed by atoms with E-state index in [1.54, 1.807) is 0 Å². The zero-order valence-corrected chi connectivity index (χ0v) is 20.5. The molecule has 0 spiro atoms. The van der Waals surface area contributed by atoms with Crippen molar-refractivity contribution in [2.24, 2.45) is 0 Å². The summed E-state index contributed by atoms with van der Waals surface area (Å²) >= 11 is 0. The van der Waals surface area contributed by atoms with Gasteiger partial charge in [0.2, 0.25) is 0 Å². The number of hydrogen-bond donors (Lipinski definition) is 1. The Morgan fingerprint density at radius 1 is 0.943 bits per heavy atom. The Bertz CT molecular complexity index is 1550. The summed E-state index contributed by atoms with van der Waals surface area (Å²) in [6.45, 7) is 8.22. The molecular weight excluding hydrogens is 432 g/mol. The highest BCUT2D eigenvalue weighted by atomic mass is 16.1. The van der Waals surface area contributed by atoms with Crippen molar-refractivity contribution in [3.05, 3.63) is 107 Å². The number of carbonyl (C=O) groups excluding carboxylic acids is 1. The first-order valence-corrected chi connectivity index (χ1v) is 11.9. The normalized spacial score (nSPS) is 11.1. The van der Waals surface area contributed by atoms with Gasteiger partial charge >= 0.3 is 0 Å². The lowest BCUT2D eigenvalue weighted by molar-refractivity contribution is 0.102. The van der Waals surface area contributed by atoms with Gasteiger partial charge in [0.1, 0.15) is 0 Å². The highest BCUT2D eigenvalue weighted by Crippen LogP contribution is 2.29. The second-order valence-corrected chi connectivity index (χ2v) is 8.92. The molecule has 0 aliphatic carbocycles. The van der Waals surface area contributed by atoms with Gasteiger partial charge in [0.15, 0.2) is 0 Å². The highest BCUT2D eigenvalue weighted by Gasteiger charge is 2.18. The van der Waals surface area contributed by atoms with Gasteiger partial charge in [0.25, 0.3) is 5.91 Å². The maximum Gasteiger partial charge on any atom is 0.256 e. The first-order chi connectivity index (χ1) is 16.9. The van der Waals surface area contributed by atoms with Gasteiger partial charge < -0.3 is 5.32 Å². The number of para-hydroxylation sites is 1. The highest BCUT2D eigenvalue weighted by molar-refractivity contribution is 6.13. The largest absolute Gasteiger partial charge is 0.322 e. The van der Waals surface area contributed by atoms with Crippen LogP contribution in [0.4, 0.5) is 5.69 Å². The summed E-state index contributed by atoms with van der Waals surface area (Å²) in [5, 5.41) is 8.55. The molecular formula is C30H28N4O. The topological polar surface area (TPSA) is 59.8 Å². The number of fused-ring (bicyclic) bond motifs is 1. The fraction of sp³-hybridized carbons (Fsp3) is 0.167. The molecule has 0 radical (unpaired) electrons. The molecule has 0 aliphatic heterocycles. The Morgan fingerprint density at radius 2 is 1.71 bits per heavy atom. The standard InChI is InChI=1S/C30H28N4O/c1-5-22-11-13-23(14-12-22)34-21(4)26(18-31-34)29-17-25(24-8-6-7-9-28(24)32-29)30(35)33-27-15-10-19(2)16-20(27)3/h6-18H,5H2,1-4H3,(H,33,35). The molecule has 0 atom stereocenters. The van der Waals surface area contributed by atoms with Crippen LogP contribution in [0, 0.1) is 20.8 Å².